The van der Waals surface area contributed by atoms with Crippen LogP contribution in [0.1, 0.15) is 31.0 Å². The SMILES string of the molecule is CCN(CC)c1ccc(N2C(=O)C(=O)/C(=C(\O)c3ccccc3OC)C2c2ccc(O)cc2)cc1. The van der Waals surface area contributed by atoms with Gasteiger partial charge in [-0.05, 0) is 67.9 Å². The minimum Gasteiger partial charge on any atom is -0.508 e. The number of methoxy groups -OCH3 is 1. The zero-order chi connectivity index (χ0) is 25.1. The van der Waals surface area contributed by atoms with E-state index in [1.165, 1.54) is 24.1 Å². The van der Waals surface area contributed by atoms with E-state index in [-0.39, 0.29) is 17.1 Å². The summed E-state index contributed by atoms with van der Waals surface area (Å²) in [6.07, 6.45) is 0. The maximum absolute atomic E-state index is 13.3. The number of carbonyl (C=O) groups excluding carboxylic acids is 2. The number of phenols is 1. The molecule has 7 nitrogen and oxygen atoms in total. The van der Waals surface area contributed by atoms with Crippen LogP contribution in [0.15, 0.2) is 78.4 Å². The molecule has 1 aliphatic rings. The van der Waals surface area contributed by atoms with Crippen LogP contribution in [0.4, 0.5) is 11.4 Å². The Bertz CT molecular complexity index is 1260. The number of ether oxygens (including phenoxy) is 1. The van der Waals surface area contributed by atoms with Crippen LogP contribution in [0.25, 0.3) is 5.76 Å². The van der Waals surface area contributed by atoms with Crippen molar-refractivity contribution >= 4 is 28.8 Å². The number of phenolic OH excluding ortho intramolecular Hbond substituents is 1. The molecule has 35 heavy (non-hydrogen) atoms. The van der Waals surface area contributed by atoms with Crippen molar-refractivity contribution < 1.29 is 24.5 Å². The van der Waals surface area contributed by atoms with Crippen molar-refractivity contribution in [2.75, 3.05) is 30.0 Å². The van der Waals surface area contributed by atoms with E-state index in [1.54, 1.807) is 48.5 Å². The molecule has 1 heterocycles. The van der Waals surface area contributed by atoms with Gasteiger partial charge >= 0.3 is 0 Å². The zero-order valence-electron chi connectivity index (χ0n) is 19.9. The van der Waals surface area contributed by atoms with Crippen molar-refractivity contribution in [2.24, 2.45) is 0 Å². The molecule has 1 aliphatic heterocycles. The first-order valence-electron chi connectivity index (χ1n) is 11.5. The normalized spacial score (nSPS) is 17.0. The van der Waals surface area contributed by atoms with Gasteiger partial charge in [-0.1, -0.05) is 24.3 Å². The molecule has 4 rings (SSSR count). The number of amides is 1. The predicted molar refractivity (Wildman–Crippen MR) is 136 cm³/mol. The van der Waals surface area contributed by atoms with Crippen LogP contribution in [-0.2, 0) is 9.59 Å². The number of nitrogens with zero attached hydrogens (tertiary/aromatic N) is 2. The number of rotatable bonds is 7. The second kappa shape index (κ2) is 9.93. The summed E-state index contributed by atoms with van der Waals surface area (Å²) in [5.41, 5.74) is 2.38. The number of hydrogen-bond acceptors (Lipinski definition) is 6. The van der Waals surface area contributed by atoms with E-state index >= 15 is 0 Å². The largest absolute Gasteiger partial charge is 0.508 e. The lowest BCUT2D eigenvalue weighted by Crippen LogP contribution is -2.29. The Morgan fingerprint density at radius 2 is 1.57 bits per heavy atom. The third-order valence-corrected chi connectivity index (χ3v) is 6.27. The fraction of sp³-hybridized carbons (Fsp3) is 0.214. The first-order chi connectivity index (χ1) is 16.9. The standard InChI is InChI=1S/C28H28N2O5/c1-4-29(5-2)19-12-14-20(15-13-19)30-25(18-10-16-21(31)17-11-18)24(27(33)28(30)34)26(32)22-8-6-7-9-23(22)35-3/h6-17,25,31-32H,4-5H2,1-3H3/b26-24-. The van der Waals surface area contributed by atoms with E-state index in [4.69, 9.17) is 4.74 Å². The summed E-state index contributed by atoms with van der Waals surface area (Å²) in [6.45, 7) is 5.82. The van der Waals surface area contributed by atoms with Gasteiger partial charge in [-0.3, -0.25) is 14.5 Å². The minimum atomic E-state index is -0.889. The Morgan fingerprint density at radius 1 is 0.943 bits per heavy atom. The van der Waals surface area contributed by atoms with Gasteiger partial charge in [-0.25, -0.2) is 0 Å². The molecule has 1 atom stereocenters. The van der Waals surface area contributed by atoms with E-state index in [1.807, 2.05) is 12.1 Å². The topological polar surface area (TPSA) is 90.3 Å². The summed E-state index contributed by atoms with van der Waals surface area (Å²) in [7, 11) is 1.47. The first-order valence-corrected chi connectivity index (χ1v) is 11.5. The monoisotopic (exact) mass is 472 g/mol. The Balaban J connectivity index is 1.89. The number of para-hydroxylation sites is 1. The third kappa shape index (κ3) is 4.33. The van der Waals surface area contributed by atoms with Crippen LogP contribution in [0.3, 0.4) is 0 Å². The zero-order valence-corrected chi connectivity index (χ0v) is 19.9. The van der Waals surface area contributed by atoms with E-state index in [0.717, 1.165) is 18.8 Å². The molecule has 1 unspecified atom stereocenters. The van der Waals surface area contributed by atoms with Gasteiger partial charge < -0.3 is 19.8 Å². The summed E-state index contributed by atoms with van der Waals surface area (Å²) >= 11 is 0. The van der Waals surface area contributed by atoms with E-state index < -0.39 is 17.7 Å². The van der Waals surface area contributed by atoms with Gasteiger partial charge in [0, 0.05) is 24.5 Å². The van der Waals surface area contributed by atoms with Crippen molar-refractivity contribution in [1.82, 2.24) is 0 Å². The van der Waals surface area contributed by atoms with Crippen molar-refractivity contribution in [1.29, 1.82) is 0 Å². The number of aliphatic hydroxyl groups is 1. The molecule has 0 aliphatic carbocycles. The van der Waals surface area contributed by atoms with Crippen molar-refractivity contribution in [3.8, 4) is 11.5 Å². The summed E-state index contributed by atoms with van der Waals surface area (Å²) in [4.78, 5) is 30.2. The van der Waals surface area contributed by atoms with E-state index in [9.17, 15) is 19.8 Å². The third-order valence-electron chi connectivity index (χ3n) is 6.27. The van der Waals surface area contributed by atoms with Gasteiger partial charge in [0.15, 0.2) is 0 Å². The molecule has 0 saturated carbocycles. The fourth-order valence-corrected chi connectivity index (χ4v) is 4.47. The molecular weight excluding hydrogens is 444 g/mol. The summed E-state index contributed by atoms with van der Waals surface area (Å²) in [6, 6.07) is 19.6. The fourth-order valence-electron chi connectivity index (χ4n) is 4.47. The number of ketones is 1. The van der Waals surface area contributed by atoms with Gasteiger partial charge in [0.2, 0.25) is 0 Å². The van der Waals surface area contributed by atoms with Gasteiger partial charge in [0.1, 0.15) is 17.3 Å². The molecule has 1 fully saturated rings. The Labute approximate surface area is 204 Å². The second-order valence-electron chi connectivity index (χ2n) is 8.15. The smallest absolute Gasteiger partial charge is 0.300 e. The molecular formula is C28H28N2O5. The van der Waals surface area contributed by atoms with Crippen molar-refractivity contribution in [3.05, 3.63) is 89.5 Å². The maximum Gasteiger partial charge on any atom is 0.300 e. The lowest BCUT2D eigenvalue weighted by molar-refractivity contribution is -0.132. The maximum atomic E-state index is 13.3. The van der Waals surface area contributed by atoms with Crippen LogP contribution >= 0.6 is 0 Å². The Hall–Kier alpha value is -4.26. The highest BCUT2D eigenvalue weighted by molar-refractivity contribution is 6.51. The number of aromatic hydroxyl groups is 1. The number of carbonyl (C=O) groups is 2. The van der Waals surface area contributed by atoms with Gasteiger partial charge in [0.25, 0.3) is 11.7 Å². The molecule has 3 aromatic carbocycles. The molecule has 7 heteroatoms. The second-order valence-corrected chi connectivity index (χ2v) is 8.15. The lowest BCUT2D eigenvalue weighted by Gasteiger charge is -2.27. The number of Topliss-reactive ketones (excluding diaryl/α,β-unsaturated/α-hetero) is 1. The molecule has 1 amide bonds. The highest BCUT2D eigenvalue weighted by Crippen LogP contribution is 2.43. The summed E-state index contributed by atoms with van der Waals surface area (Å²) in [5, 5.41) is 21.1. The molecule has 0 aromatic heterocycles. The molecule has 0 spiro atoms. The number of benzene rings is 3. The van der Waals surface area contributed by atoms with Crippen LogP contribution in [0.5, 0.6) is 11.5 Å². The van der Waals surface area contributed by atoms with Gasteiger partial charge in [0.05, 0.1) is 24.3 Å². The molecule has 3 aromatic rings. The molecule has 1 saturated heterocycles. The first kappa shape index (κ1) is 23.9. The summed E-state index contributed by atoms with van der Waals surface area (Å²) in [5.74, 6) is -1.42. The Kier molecular flexibility index (Phi) is 6.78. The molecule has 0 radical (unpaired) electrons. The van der Waals surface area contributed by atoms with E-state index in [2.05, 4.69) is 18.7 Å². The quantitative estimate of drug-likeness (QED) is 0.290. The highest BCUT2D eigenvalue weighted by Gasteiger charge is 2.47. The molecule has 0 bridgehead atoms. The van der Waals surface area contributed by atoms with Crippen molar-refractivity contribution in [3.63, 3.8) is 0 Å². The highest BCUT2D eigenvalue weighted by atomic mass is 16.5. The van der Waals surface area contributed by atoms with E-state index in [0.29, 0.717) is 22.6 Å². The number of hydrogen-bond donors (Lipinski definition) is 2. The molecule has 2 N–H and O–H groups in total. The predicted octanol–water partition coefficient (Wildman–Crippen LogP) is 4.87. The lowest BCUT2D eigenvalue weighted by atomic mass is 9.94. The minimum absolute atomic E-state index is 0.0435. The van der Waals surface area contributed by atoms with Crippen LogP contribution in [0, 0.1) is 0 Å². The van der Waals surface area contributed by atoms with Crippen molar-refractivity contribution in [2.45, 2.75) is 19.9 Å². The average molecular weight is 473 g/mol. The Morgan fingerprint density at radius 3 is 2.17 bits per heavy atom. The van der Waals surface area contributed by atoms with Gasteiger partial charge in [-0.2, -0.15) is 0 Å². The number of aliphatic hydroxyl groups excluding tert-OH is 1. The number of anilines is 2. The van der Waals surface area contributed by atoms with Crippen LogP contribution in [0.2, 0.25) is 0 Å². The average Bonchev–Trinajstić information content (AvgIpc) is 3.15. The van der Waals surface area contributed by atoms with Crippen LogP contribution < -0.4 is 14.5 Å². The van der Waals surface area contributed by atoms with Gasteiger partial charge in [-0.15, -0.1) is 0 Å². The molecule has 180 valence electrons. The van der Waals surface area contributed by atoms with Crippen LogP contribution in [-0.4, -0.2) is 42.1 Å². The summed E-state index contributed by atoms with van der Waals surface area (Å²) < 4.78 is 5.37.